The first-order chi connectivity index (χ1) is 7.74. The Bertz CT molecular complexity index is 311. The van der Waals surface area contributed by atoms with Crippen molar-refractivity contribution in [3.05, 3.63) is 35.9 Å². The van der Waals surface area contributed by atoms with Crippen molar-refractivity contribution in [2.24, 2.45) is 5.92 Å². The SMILES string of the molecule is CCOC(=O)[C@@H](C)CNCc1ccccc1. The predicted molar refractivity (Wildman–Crippen MR) is 63.9 cm³/mol. The van der Waals surface area contributed by atoms with Crippen molar-refractivity contribution in [2.75, 3.05) is 13.2 Å². The Morgan fingerprint density at radius 1 is 1.38 bits per heavy atom. The van der Waals surface area contributed by atoms with Gasteiger partial charge in [-0.15, -0.1) is 0 Å². The van der Waals surface area contributed by atoms with Crippen molar-refractivity contribution in [3.63, 3.8) is 0 Å². The van der Waals surface area contributed by atoms with Gasteiger partial charge in [0.15, 0.2) is 0 Å². The molecule has 1 atom stereocenters. The van der Waals surface area contributed by atoms with E-state index in [1.165, 1.54) is 5.56 Å². The number of hydrogen-bond acceptors (Lipinski definition) is 3. The Labute approximate surface area is 96.8 Å². The molecule has 0 aliphatic rings. The molecule has 0 aromatic heterocycles. The van der Waals surface area contributed by atoms with Crippen LogP contribution in [-0.4, -0.2) is 19.1 Å². The van der Waals surface area contributed by atoms with E-state index in [1.54, 1.807) is 0 Å². The van der Waals surface area contributed by atoms with Gasteiger partial charge in [-0.2, -0.15) is 0 Å². The molecular weight excluding hydrogens is 202 g/mol. The molecule has 0 amide bonds. The number of rotatable bonds is 6. The van der Waals surface area contributed by atoms with E-state index >= 15 is 0 Å². The summed E-state index contributed by atoms with van der Waals surface area (Å²) in [6.45, 7) is 5.57. The summed E-state index contributed by atoms with van der Waals surface area (Å²) in [4.78, 5) is 11.3. The fourth-order valence-electron chi connectivity index (χ4n) is 1.40. The summed E-state index contributed by atoms with van der Waals surface area (Å²) in [6, 6.07) is 10.1. The minimum atomic E-state index is -0.136. The van der Waals surface area contributed by atoms with Crippen LogP contribution < -0.4 is 5.32 Å². The van der Waals surface area contributed by atoms with Gasteiger partial charge in [-0.05, 0) is 12.5 Å². The van der Waals surface area contributed by atoms with Gasteiger partial charge in [0.2, 0.25) is 0 Å². The maximum absolute atomic E-state index is 11.3. The van der Waals surface area contributed by atoms with Crippen LogP contribution in [0, 0.1) is 5.92 Å². The second-order valence-electron chi connectivity index (χ2n) is 3.77. The summed E-state index contributed by atoms with van der Waals surface area (Å²) in [5.74, 6) is -0.230. The van der Waals surface area contributed by atoms with Crippen LogP contribution >= 0.6 is 0 Å². The van der Waals surface area contributed by atoms with Gasteiger partial charge in [0.05, 0.1) is 12.5 Å². The van der Waals surface area contributed by atoms with E-state index in [4.69, 9.17) is 4.74 Å². The molecule has 0 heterocycles. The first-order valence-electron chi connectivity index (χ1n) is 5.65. The van der Waals surface area contributed by atoms with Crippen molar-refractivity contribution in [1.29, 1.82) is 0 Å². The van der Waals surface area contributed by atoms with Gasteiger partial charge in [-0.25, -0.2) is 0 Å². The lowest BCUT2D eigenvalue weighted by Gasteiger charge is -2.11. The number of ether oxygens (including phenoxy) is 1. The minimum Gasteiger partial charge on any atom is -0.466 e. The van der Waals surface area contributed by atoms with Crippen molar-refractivity contribution in [3.8, 4) is 0 Å². The third kappa shape index (κ3) is 4.45. The normalized spacial score (nSPS) is 12.1. The zero-order chi connectivity index (χ0) is 11.8. The molecule has 3 heteroatoms. The topological polar surface area (TPSA) is 38.3 Å². The molecule has 88 valence electrons. The van der Waals surface area contributed by atoms with E-state index < -0.39 is 0 Å². The summed E-state index contributed by atoms with van der Waals surface area (Å²) in [7, 11) is 0. The number of esters is 1. The van der Waals surface area contributed by atoms with E-state index in [2.05, 4.69) is 17.4 Å². The molecule has 1 N–H and O–H groups in total. The highest BCUT2D eigenvalue weighted by molar-refractivity contribution is 5.72. The molecule has 0 saturated heterocycles. The van der Waals surface area contributed by atoms with Gasteiger partial charge in [-0.1, -0.05) is 37.3 Å². The van der Waals surface area contributed by atoms with Crippen LogP contribution in [0.4, 0.5) is 0 Å². The summed E-state index contributed by atoms with van der Waals surface area (Å²) in [6.07, 6.45) is 0. The van der Waals surface area contributed by atoms with Gasteiger partial charge in [0, 0.05) is 13.1 Å². The van der Waals surface area contributed by atoms with E-state index in [-0.39, 0.29) is 11.9 Å². The second kappa shape index (κ2) is 7.01. The molecule has 0 saturated carbocycles. The van der Waals surface area contributed by atoms with Gasteiger partial charge >= 0.3 is 5.97 Å². The second-order valence-corrected chi connectivity index (χ2v) is 3.77. The van der Waals surface area contributed by atoms with Crippen LogP contribution in [0.5, 0.6) is 0 Å². The molecule has 1 aromatic rings. The summed E-state index contributed by atoms with van der Waals surface area (Å²) in [5, 5.41) is 3.24. The van der Waals surface area contributed by atoms with Gasteiger partial charge in [0.25, 0.3) is 0 Å². The van der Waals surface area contributed by atoms with Crippen LogP contribution in [0.25, 0.3) is 0 Å². The lowest BCUT2D eigenvalue weighted by molar-refractivity contribution is -0.147. The van der Waals surface area contributed by atoms with Crippen LogP contribution in [0.1, 0.15) is 19.4 Å². The van der Waals surface area contributed by atoms with Crippen molar-refractivity contribution >= 4 is 5.97 Å². The highest BCUT2D eigenvalue weighted by atomic mass is 16.5. The maximum Gasteiger partial charge on any atom is 0.309 e. The Hall–Kier alpha value is -1.35. The van der Waals surface area contributed by atoms with Gasteiger partial charge in [0.1, 0.15) is 0 Å². The number of nitrogens with one attached hydrogen (secondary N) is 1. The average molecular weight is 221 g/mol. The largest absolute Gasteiger partial charge is 0.466 e. The lowest BCUT2D eigenvalue weighted by atomic mass is 10.1. The highest BCUT2D eigenvalue weighted by Crippen LogP contribution is 2.00. The molecule has 3 nitrogen and oxygen atoms in total. The highest BCUT2D eigenvalue weighted by Gasteiger charge is 2.12. The molecule has 0 bridgehead atoms. The summed E-state index contributed by atoms with van der Waals surface area (Å²) in [5.41, 5.74) is 1.22. The Kier molecular flexibility index (Phi) is 5.57. The molecule has 0 fully saturated rings. The van der Waals surface area contributed by atoms with Crippen LogP contribution in [0.3, 0.4) is 0 Å². The molecule has 0 aliphatic carbocycles. The Balaban J connectivity index is 2.23. The maximum atomic E-state index is 11.3. The summed E-state index contributed by atoms with van der Waals surface area (Å²) < 4.78 is 4.93. The van der Waals surface area contributed by atoms with E-state index in [1.807, 2.05) is 32.0 Å². The van der Waals surface area contributed by atoms with Gasteiger partial charge in [-0.3, -0.25) is 4.79 Å². The Morgan fingerprint density at radius 2 is 2.06 bits per heavy atom. The van der Waals surface area contributed by atoms with Crippen LogP contribution in [0.2, 0.25) is 0 Å². The number of carbonyl (C=O) groups is 1. The molecule has 0 spiro atoms. The smallest absolute Gasteiger partial charge is 0.309 e. The van der Waals surface area contributed by atoms with Crippen molar-refractivity contribution in [1.82, 2.24) is 5.32 Å². The monoisotopic (exact) mass is 221 g/mol. The minimum absolute atomic E-state index is 0.0938. The number of benzene rings is 1. The molecule has 0 radical (unpaired) electrons. The standard InChI is InChI=1S/C13H19NO2/c1-3-16-13(15)11(2)9-14-10-12-7-5-4-6-8-12/h4-8,11,14H,3,9-10H2,1-2H3/t11-/m0/s1. The number of carbonyl (C=O) groups excluding carboxylic acids is 1. The molecular formula is C13H19NO2. The molecule has 1 rings (SSSR count). The fraction of sp³-hybridized carbons (Fsp3) is 0.462. The first kappa shape index (κ1) is 12.7. The lowest BCUT2D eigenvalue weighted by Crippen LogP contribution is -2.27. The zero-order valence-corrected chi connectivity index (χ0v) is 9.90. The third-order valence-corrected chi connectivity index (χ3v) is 2.31. The van der Waals surface area contributed by atoms with Crippen molar-refractivity contribution in [2.45, 2.75) is 20.4 Å². The number of hydrogen-bond donors (Lipinski definition) is 1. The van der Waals surface area contributed by atoms with E-state index in [9.17, 15) is 4.79 Å². The van der Waals surface area contributed by atoms with E-state index in [0.29, 0.717) is 13.2 Å². The van der Waals surface area contributed by atoms with E-state index in [0.717, 1.165) is 6.54 Å². The van der Waals surface area contributed by atoms with Crippen LogP contribution in [0.15, 0.2) is 30.3 Å². The first-order valence-corrected chi connectivity index (χ1v) is 5.65. The average Bonchev–Trinajstić information content (AvgIpc) is 2.30. The fourth-order valence-corrected chi connectivity index (χ4v) is 1.40. The molecule has 0 aliphatic heterocycles. The third-order valence-electron chi connectivity index (χ3n) is 2.31. The molecule has 16 heavy (non-hydrogen) atoms. The molecule has 1 aromatic carbocycles. The zero-order valence-electron chi connectivity index (χ0n) is 9.90. The quantitative estimate of drug-likeness (QED) is 0.746. The summed E-state index contributed by atoms with van der Waals surface area (Å²) >= 11 is 0. The van der Waals surface area contributed by atoms with Crippen molar-refractivity contribution < 1.29 is 9.53 Å². The Morgan fingerprint density at radius 3 is 2.69 bits per heavy atom. The molecule has 0 unspecified atom stereocenters. The van der Waals surface area contributed by atoms with Gasteiger partial charge < -0.3 is 10.1 Å². The van der Waals surface area contributed by atoms with Crippen LogP contribution in [-0.2, 0) is 16.1 Å². The predicted octanol–water partition coefficient (Wildman–Crippen LogP) is 1.98.